The molecule has 5 nitrogen and oxygen atoms in total. The van der Waals surface area contributed by atoms with E-state index in [-0.39, 0.29) is 0 Å². The van der Waals surface area contributed by atoms with Gasteiger partial charge in [-0.15, -0.1) is 0 Å². The van der Waals surface area contributed by atoms with E-state index in [0.717, 1.165) is 24.4 Å². The molecule has 0 atom stereocenters. The van der Waals surface area contributed by atoms with Gasteiger partial charge in [0.05, 0.1) is 6.67 Å². The average Bonchev–Trinajstić information content (AvgIpc) is 3.22. The van der Waals surface area contributed by atoms with Gasteiger partial charge in [0.1, 0.15) is 0 Å². The third kappa shape index (κ3) is 5.37. The van der Waals surface area contributed by atoms with E-state index in [0.29, 0.717) is 17.4 Å². The largest absolute Gasteiger partial charge is 0.522 e. The van der Waals surface area contributed by atoms with Gasteiger partial charge in [0.2, 0.25) is 0 Å². The van der Waals surface area contributed by atoms with Crippen molar-refractivity contribution in [3.05, 3.63) is 29.3 Å². The van der Waals surface area contributed by atoms with E-state index in [4.69, 9.17) is 13.0 Å². The lowest BCUT2D eigenvalue weighted by molar-refractivity contribution is -0.0797. The lowest BCUT2D eigenvalue weighted by Gasteiger charge is -2.60. The number of anilines is 1. The van der Waals surface area contributed by atoms with Crippen molar-refractivity contribution in [2.75, 3.05) is 24.7 Å². The van der Waals surface area contributed by atoms with Gasteiger partial charge in [0, 0.05) is 24.3 Å². The van der Waals surface area contributed by atoms with Crippen LogP contribution >= 0.6 is 0 Å². The molecule has 1 aliphatic heterocycles. The molecular weight excluding hydrogens is 477 g/mol. The number of hydrogen-bond acceptors (Lipinski definition) is 4. The van der Waals surface area contributed by atoms with Crippen molar-refractivity contribution in [2.24, 2.45) is 17.8 Å². The lowest BCUT2D eigenvalue weighted by Crippen LogP contribution is -2.59. The molecule has 0 radical (unpaired) electrons. The Kier molecular flexibility index (Phi) is 7.28. The first-order valence-corrected chi connectivity index (χ1v) is 14.3. The summed E-state index contributed by atoms with van der Waals surface area (Å²) in [5.41, 5.74) is -0.321. The molecule has 1 N–H and O–H groups in total. The van der Waals surface area contributed by atoms with Crippen molar-refractivity contribution in [1.29, 1.82) is 0 Å². The fraction of sp³-hybridized carbons (Fsp3) is 0.769. The molecule has 0 spiro atoms. The maximum atomic E-state index is 10.7. The summed E-state index contributed by atoms with van der Waals surface area (Å²) in [4.78, 5) is 5.67. The van der Waals surface area contributed by atoms with Crippen molar-refractivity contribution in [3.63, 3.8) is 0 Å². The third-order valence-electron chi connectivity index (χ3n) is 8.61. The van der Waals surface area contributed by atoms with Gasteiger partial charge in [0.15, 0.2) is 0 Å². The van der Waals surface area contributed by atoms with E-state index >= 15 is 0 Å². The van der Waals surface area contributed by atoms with Crippen molar-refractivity contribution in [2.45, 2.75) is 89.1 Å². The molecule has 0 aromatic heterocycles. The fourth-order valence-corrected chi connectivity index (χ4v) is 7.49. The van der Waals surface area contributed by atoms with E-state index in [9.17, 15) is 13.2 Å². The van der Waals surface area contributed by atoms with Crippen LogP contribution in [0.3, 0.4) is 0 Å². The minimum absolute atomic E-state index is 0.550. The van der Waals surface area contributed by atoms with E-state index in [2.05, 4.69) is 55.7 Å². The van der Waals surface area contributed by atoms with Crippen LogP contribution in [0.25, 0.3) is 0 Å². The zero-order valence-corrected chi connectivity index (χ0v) is 22.0. The lowest BCUT2D eigenvalue weighted by atomic mass is 9.52. The quantitative estimate of drug-likeness (QED) is 0.372. The Hall–Kier alpha value is -1.32. The average molecular weight is 517 g/mol. The van der Waals surface area contributed by atoms with E-state index in [1.54, 1.807) is 36.1 Å². The molecule has 4 saturated carbocycles. The highest BCUT2D eigenvalue weighted by atomic mass is 32.2. The van der Waals surface area contributed by atoms with Crippen LogP contribution in [0.1, 0.15) is 89.2 Å². The summed E-state index contributed by atoms with van der Waals surface area (Å²) in [5, 5.41) is 0. The van der Waals surface area contributed by atoms with Crippen LogP contribution in [-0.4, -0.2) is 48.7 Å². The molecule has 4 bridgehead atoms. The third-order valence-corrected chi connectivity index (χ3v) is 9.19. The molecule has 0 unspecified atom stereocenters. The number of benzene rings is 1. The summed E-state index contributed by atoms with van der Waals surface area (Å²) >= 11 is 0. The molecule has 1 aromatic carbocycles. The first-order chi connectivity index (χ1) is 16.2. The molecule has 9 heteroatoms. The molecule has 5 aliphatic rings. The zero-order chi connectivity index (χ0) is 25.8. The second kappa shape index (κ2) is 9.53. The van der Waals surface area contributed by atoms with Gasteiger partial charge < -0.3 is 4.90 Å². The standard InChI is InChI=1S/C25H38N2.CHF3O3S/c1-17(2)22-6-5-7-23(18(3)4)24(22)26-8-9-27(16-26)25-13-19-10-20(14-25)12-21(11-19)15-25;2-1(3,4)8(5,6)7/h5-7,17-21H,8-16H2,1-4H3;(H,5,6,7). The highest BCUT2D eigenvalue weighted by Crippen LogP contribution is 2.58. The number of rotatable bonds is 4. The van der Waals surface area contributed by atoms with Crippen LogP contribution in [0.2, 0.25) is 0 Å². The summed E-state index contributed by atoms with van der Waals surface area (Å²) < 4.78 is 57.5. The Morgan fingerprint density at radius 1 is 0.914 bits per heavy atom. The number of para-hydroxylation sites is 1. The van der Waals surface area contributed by atoms with E-state index in [1.165, 1.54) is 32.4 Å². The monoisotopic (exact) mass is 516 g/mol. The summed E-state index contributed by atoms with van der Waals surface area (Å²) in [6.07, 6.45) is 9.13. The molecule has 1 aromatic rings. The molecule has 4 aliphatic carbocycles. The summed E-state index contributed by atoms with van der Waals surface area (Å²) in [6, 6.07) is 7.03. The molecule has 198 valence electrons. The molecule has 5 fully saturated rings. The fourth-order valence-electron chi connectivity index (χ4n) is 7.49. The SMILES string of the molecule is CC(C)c1cccc(C(C)C)c1N1CCN(C23CC4CC(CC(C4)C2)C3)C1.O=S(=O)(O)C(F)(F)F. The predicted molar refractivity (Wildman–Crippen MR) is 132 cm³/mol. The summed E-state index contributed by atoms with van der Waals surface area (Å²) in [6.45, 7) is 13.1. The van der Waals surface area contributed by atoms with Crippen molar-refractivity contribution < 1.29 is 26.1 Å². The molecule has 6 rings (SSSR count). The van der Waals surface area contributed by atoms with Crippen molar-refractivity contribution >= 4 is 15.8 Å². The molecule has 1 saturated heterocycles. The second-order valence-corrected chi connectivity index (χ2v) is 13.2. The van der Waals surface area contributed by atoms with Gasteiger partial charge in [0.25, 0.3) is 0 Å². The number of alkyl halides is 3. The Labute approximate surface area is 207 Å². The van der Waals surface area contributed by atoms with Gasteiger partial charge in [-0.2, -0.15) is 21.6 Å². The Morgan fingerprint density at radius 3 is 1.71 bits per heavy atom. The van der Waals surface area contributed by atoms with Gasteiger partial charge in [-0.3, -0.25) is 9.45 Å². The normalized spacial score (nSPS) is 30.8. The van der Waals surface area contributed by atoms with Crippen LogP contribution < -0.4 is 4.90 Å². The van der Waals surface area contributed by atoms with Crippen LogP contribution in [0.4, 0.5) is 18.9 Å². The molecular formula is C26H39F3N2O3S. The number of halogens is 3. The zero-order valence-electron chi connectivity index (χ0n) is 21.2. The maximum absolute atomic E-state index is 10.7. The van der Waals surface area contributed by atoms with Crippen LogP contribution in [0.5, 0.6) is 0 Å². The Balaban J connectivity index is 0.000000314. The second-order valence-electron chi connectivity index (χ2n) is 11.8. The van der Waals surface area contributed by atoms with E-state index in [1.807, 2.05) is 0 Å². The minimum atomic E-state index is -5.84. The Morgan fingerprint density at radius 2 is 1.34 bits per heavy atom. The summed E-state index contributed by atoms with van der Waals surface area (Å²) in [7, 11) is -5.84. The summed E-state index contributed by atoms with van der Waals surface area (Å²) in [5.74, 6) is 4.30. The van der Waals surface area contributed by atoms with Gasteiger partial charge in [-0.1, -0.05) is 45.9 Å². The first kappa shape index (κ1) is 26.7. The first-order valence-electron chi connectivity index (χ1n) is 12.9. The maximum Gasteiger partial charge on any atom is 0.522 e. The highest BCUT2D eigenvalue weighted by Gasteiger charge is 2.54. The Bertz CT molecular complexity index is 962. The number of hydrogen-bond donors (Lipinski definition) is 1. The topological polar surface area (TPSA) is 60.9 Å². The highest BCUT2D eigenvalue weighted by molar-refractivity contribution is 7.86. The van der Waals surface area contributed by atoms with Crippen molar-refractivity contribution in [3.8, 4) is 0 Å². The van der Waals surface area contributed by atoms with E-state index < -0.39 is 15.6 Å². The van der Waals surface area contributed by atoms with Crippen LogP contribution in [-0.2, 0) is 10.1 Å². The molecule has 35 heavy (non-hydrogen) atoms. The molecule has 1 heterocycles. The van der Waals surface area contributed by atoms with Crippen molar-refractivity contribution in [1.82, 2.24) is 4.90 Å². The van der Waals surface area contributed by atoms with Gasteiger partial charge in [-0.05, 0) is 79.2 Å². The number of nitrogens with zero attached hydrogens (tertiary/aromatic N) is 2. The van der Waals surface area contributed by atoms with Crippen LogP contribution in [0.15, 0.2) is 18.2 Å². The predicted octanol–water partition coefficient (Wildman–Crippen LogP) is 6.38. The van der Waals surface area contributed by atoms with Crippen LogP contribution in [0, 0.1) is 17.8 Å². The molecule has 0 amide bonds. The van der Waals surface area contributed by atoms with Gasteiger partial charge in [-0.25, -0.2) is 0 Å². The minimum Gasteiger partial charge on any atom is -0.357 e. The van der Waals surface area contributed by atoms with Gasteiger partial charge >= 0.3 is 15.6 Å². The smallest absolute Gasteiger partial charge is 0.357 e.